The van der Waals surface area contributed by atoms with Crippen molar-refractivity contribution in [3.8, 4) is 0 Å². The monoisotopic (exact) mass is 343 g/mol. The zero-order chi connectivity index (χ0) is 17.9. The van der Waals surface area contributed by atoms with Crippen LogP contribution in [0.5, 0.6) is 0 Å². The van der Waals surface area contributed by atoms with E-state index in [9.17, 15) is 23.1 Å². The van der Waals surface area contributed by atoms with E-state index in [-0.39, 0.29) is 23.5 Å². The smallest absolute Gasteiger partial charge is 0.391 e. The molecule has 0 aliphatic rings. The fourth-order valence-corrected chi connectivity index (χ4v) is 2.34. The molecular formula is C16H20F3N3O2. The normalized spacial score (nSPS) is 14.6. The van der Waals surface area contributed by atoms with Crippen LogP contribution in [-0.2, 0) is 17.5 Å². The van der Waals surface area contributed by atoms with Crippen molar-refractivity contribution in [1.82, 2.24) is 14.9 Å². The number of hydrogen-bond acceptors (Lipinski definition) is 3. The number of aliphatic hydroxyl groups is 1. The number of benzene rings is 1. The van der Waals surface area contributed by atoms with Crippen molar-refractivity contribution in [3.05, 3.63) is 30.1 Å². The molecule has 1 amide bonds. The topological polar surface area (TPSA) is 67.2 Å². The van der Waals surface area contributed by atoms with Gasteiger partial charge in [0.25, 0.3) is 0 Å². The number of carbonyl (C=O) groups excluding carboxylic acids is 1. The third kappa shape index (κ3) is 4.05. The van der Waals surface area contributed by atoms with Crippen molar-refractivity contribution < 1.29 is 23.1 Å². The van der Waals surface area contributed by atoms with E-state index in [0.717, 1.165) is 11.0 Å². The second-order valence-corrected chi connectivity index (χ2v) is 5.76. The molecule has 132 valence electrons. The lowest BCUT2D eigenvalue weighted by molar-refractivity contribution is -0.147. The van der Waals surface area contributed by atoms with Gasteiger partial charge in [0.2, 0.25) is 11.7 Å². The van der Waals surface area contributed by atoms with Gasteiger partial charge in [0.05, 0.1) is 17.1 Å². The third-order valence-corrected chi connectivity index (χ3v) is 4.02. The Labute approximate surface area is 137 Å². The zero-order valence-electron chi connectivity index (χ0n) is 13.5. The molecule has 24 heavy (non-hydrogen) atoms. The largest absolute Gasteiger partial charge is 0.449 e. The summed E-state index contributed by atoms with van der Waals surface area (Å²) in [5.74, 6) is -1.72. The van der Waals surface area contributed by atoms with Crippen LogP contribution in [0.15, 0.2) is 24.3 Å². The first-order valence-electron chi connectivity index (χ1n) is 7.71. The summed E-state index contributed by atoms with van der Waals surface area (Å²) in [6.07, 6.45) is -4.66. The Morgan fingerprint density at radius 2 is 2.04 bits per heavy atom. The lowest BCUT2D eigenvalue weighted by Gasteiger charge is -2.18. The van der Waals surface area contributed by atoms with Gasteiger partial charge in [-0.05, 0) is 18.1 Å². The summed E-state index contributed by atoms with van der Waals surface area (Å²) in [5.41, 5.74) is 0.416. The minimum Gasteiger partial charge on any atom is -0.391 e. The maximum absolute atomic E-state index is 13.1. The van der Waals surface area contributed by atoms with Crippen LogP contribution in [0, 0.1) is 5.92 Å². The summed E-state index contributed by atoms with van der Waals surface area (Å²) >= 11 is 0. The van der Waals surface area contributed by atoms with Gasteiger partial charge < -0.3 is 15.0 Å². The van der Waals surface area contributed by atoms with Crippen LogP contribution in [0.25, 0.3) is 11.0 Å². The van der Waals surface area contributed by atoms with Crippen LogP contribution < -0.4 is 5.32 Å². The summed E-state index contributed by atoms with van der Waals surface area (Å²) in [7, 11) is 0. The molecule has 0 bridgehead atoms. The van der Waals surface area contributed by atoms with Crippen LogP contribution >= 0.6 is 0 Å². The molecule has 0 radical (unpaired) electrons. The highest BCUT2D eigenvalue weighted by Crippen LogP contribution is 2.31. The summed E-state index contributed by atoms with van der Waals surface area (Å²) in [6, 6.07) is 6.12. The standard InChI is InChI=1S/C16H20F3N3O2/c1-3-10(2)13(23)8-20-14(24)9-22-12-7-5-4-6-11(12)21-15(22)16(17,18)19/h4-7,10,13,23H,3,8-9H2,1-2H3,(H,20,24). The minimum atomic E-state index is -4.66. The van der Waals surface area contributed by atoms with Gasteiger partial charge in [-0.25, -0.2) is 4.98 Å². The van der Waals surface area contributed by atoms with Gasteiger partial charge in [-0.2, -0.15) is 13.2 Å². The van der Waals surface area contributed by atoms with Crippen molar-refractivity contribution in [2.45, 2.75) is 39.1 Å². The number of imidazole rings is 1. The number of aliphatic hydroxyl groups excluding tert-OH is 1. The van der Waals surface area contributed by atoms with Gasteiger partial charge in [0, 0.05) is 6.54 Å². The van der Waals surface area contributed by atoms with Crippen molar-refractivity contribution in [2.24, 2.45) is 5.92 Å². The highest BCUT2D eigenvalue weighted by molar-refractivity contribution is 5.81. The second kappa shape index (κ2) is 7.21. The number of halogens is 3. The predicted octanol–water partition coefficient (Wildman–Crippen LogP) is 2.58. The quantitative estimate of drug-likeness (QED) is 0.847. The van der Waals surface area contributed by atoms with E-state index in [1.54, 1.807) is 12.1 Å². The Kier molecular flexibility index (Phi) is 5.48. The van der Waals surface area contributed by atoms with Gasteiger partial charge in [-0.3, -0.25) is 4.79 Å². The van der Waals surface area contributed by atoms with E-state index < -0.39 is 30.6 Å². The van der Waals surface area contributed by atoms with Crippen LogP contribution in [0.4, 0.5) is 13.2 Å². The first-order valence-corrected chi connectivity index (χ1v) is 7.71. The summed E-state index contributed by atoms with van der Waals surface area (Å²) in [5, 5.41) is 12.3. The molecular weight excluding hydrogens is 323 g/mol. The van der Waals surface area contributed by atoms with Crippen molar-refractivity contribution in [3.63, 3.8) is 0 Å². The molecule has 2 atom stereocenters. The first kappa shape index (κ1) is 18.3. The van der Waals surface area contributed by atoms with Crippen molar-refractivity contribution >= 4 is 16.9 Å². The number of carbonyl (C=O) groups is 1. The Morgan fingerprint density at radius 3 is 2.67 bits per heavy atom. The highest BCUT2D eigenvalue weighted by atomic mass is 19.4. The number of alkyl halides is 3. The van der Waals surface area contributed by atoms with Gasteiger partial charge in [0.1, 0.15) is 6.54 Å². The lowest BCUT2D eigenvalue weighted by atomic mass is 10.0. The van der Waals surface area contributed by atoms with Crippen LogP contribution in [-0.4, -0.2) is 33.2 Å². The van der Waals surface area contributed by atoms with Crippen molar-refractivity contribution in [2.75, 3.05) is 6.54 Å². The summed E-state index contributed by atoms with van der Waals surface area (Å²) < 4.78 is 40.3. The van der Waals surface area contributed by atoms with Crippen molar-refractivity contribution in [1.29, 1.82) is 0 Å². The van der Waals surface area contributed by atoms with E-state index in [1.807, 2.05) is 13.8 Å². The number of fused-ring (bicyclic) bond motifs is 1. The molecule has 2 aromatic rings. The Hall–Kier alpha value is -2.09. The van der Waals surface area contributed by atoms with E-state index >= 15 is 0 Å². The molecule has 0 saturated heterocycles. The van der Waals surface area contributed by atoms with E-state index in [1.165, 1.54) is 12.1 Å². The summed E-state index contributed by atoms with van der Waals surface area (Å²) in [6.45, 7) is 3.23. The Balaban J connectivity index is 2.18. The molecule has 8 heteroatoms. The van der Waals surface area contributed by atoms with Crippen LogP contribution in [0.3, 0.4) is 0 Å². The molecule has 1 heterocycles. The Bertz CT molecular complexity index is 712. The molecule has 1 aromatic heterocycles. The van der Waals surface area contributed by atoms with Gasteiger partial charge in [0.15, 0.2) is 0 Å². The molecule has 2 rings (SSSR count). The number of nitrogens with one attached hydrogen (secondary N) is 1. The van der Waals surface area contributed by atoms with E-state index in [2.05, 4.69) is 10.3 Å². The average Bonchev–Trinajstić information content (AvgIpc) is 2.91. The molecule has 0 fully saturated rings. The molecule has 0 aliphatic heterocycles. The molecule has 0 aliphatic carbocycles. The number of nitrogens with zero attached hydrogens (tertiary/aromatic N) is 2. The zero-order valence-corrected chi connectivity index (χ0v) is 13.5. The van der Waals surface area contributed by atoms with Crippen LogP contribution in [0.2, 0.25) is 0 Å². The Morgan fingerprint density at radius 1 is 1.38 bits per heavy atom. The maximum Gasteiger partial charge on any atom is 0.449 e. The SMILES string of the molecule is CCC(C)C(O)CNC(=O)Cn1c(C(F)(F)F)nc2ccccc21. The predicted molar refractivity (Wildman–Crippen MR) is 83.2 cm³/mol. The molecule has 1 aromatic carbocycles. The molecule has 0 saturated carbocycles. The highest BCUT2D eigenvalue weighted by Gasteiger charge is 2.38. The second-order valence-electron chi connectivity index (χ2n) is 5.76. The number of para-hydroxylation sites is 2. The first-order chi connectivity index (χ1) is 11.2. The number of amides is 1. The average molecular weight is 343 g/mol. The lowest BCUT2D eigenvalue weighted by Crippen LogP contribution is -2.37. The van der Waals surface area contributed by atoms with E-state index in [0.29, 0.717) is 0 Å². The molecule has 5 nitrogen and oxygen atoms in total. The summed E-state index contributed by atoms with van der Waals surface area (Å²) in [4.78, 5) is 15.6. The van der Waals surface area contributed by atoms with Gasteiger partial charge in [-0.1, -0.05) is 32.4 Å². The molecule has 2 N–H and O–H groups in total. The minimum absolute atomic E-state index is 0.00181. The number of rotatable bonds is 6. The fourth-order valence-electron chi connectivity index (χ4n) is 2.34. The number of aromatic nitrogens is 2. The third-order valence-electron chi connectivity index (χ3n) is 4.02. The molecule has 0 spiro atoms. The molecule has 2 unspecified atom stereocenters. The number of hydrogen-bond donors (Lipinski definition) is 2. The van der Waals surface area contributed by atoms with Crippen LogP contribution in [0.1, 0.15) is 26.1 Å². The van der Waals surface area contributed by atoms with E-state index in [4.69, 9.17) is 0 Å². The fraction of sp³-hybridized carbons (Fsp3) is 0.500. The van der Waals surface area contributed by atoms with Gasteiger partial charge >= 0.3 is 6.18 Å². The van der Waals surface area contributed by atoms with Gasteiger partial charge in [-0.15, -0.1) is 0 Å². The maximum atomic E-state index is 13.1.